The van der Waals surface area contributed by atoms with Gasteiger partial charge in [0.25, 0.3) is 0 Å². The number of rotatable bonds is 2. The summed E-state index contributed by atoms with van der Waals surface area (Å²) in [5.41, 5.74) is -1.73. The highest BCUT2D eigenvalue weighted by Crippen LogP contribution is 2.37. The van der Waals surface area contributed by atoms with E-state index in [1.807, 2.05) is 13.8 Å². The van der Waals surface area contributed by atoms with E-state index in [-0.39, 0.29) is 5.92 Å². The predicted molar refractivity (Wildman–Crippen MR) is 67.4 cm³/mol. The minimum absolute atomic E-state index is 0.148. The van der Waals surface area contributed by atoms with Crippen LogP contribution in [0.15, 0.2) is 0 Å². The van der Waals surface area contributed by atoms with Crippen LogP contribution in [-0.2, 0) is 9.53 Å². The summed E-state index contributed by atoms with van der Waals surface area (Å²) in [5.74, 6) is -1.09. The minimum atomic E-state index is -1.12. The Kier molecular flexibility index (Phi) is 3.93. The van der Waals surface area contributed by atoms with Gasteiger partial charge in [-0.25, -0.2) is 9.59 Å². The van der Waals surface area contributed by atoms with Gasteiger partial charge in [0.05, 0.1) is 0 Å². The number of hydrogen-bond acceptors (Lipinski definition) is 3. The molecule has 1 atom stereocenters. The van der Waals surface area contributed by atoms with Crippen molar-refractivity contribution in [3.8, 4) is 0 Å². The Bertz CT molecular complexity index is 345. The van der Waals surface area contributed by atoms with Crippen molar-refractivity contribution in [3.05, 3.63) is 0 Å². The van der Waals surface area contributed by atoms with Crippen molar-refractivity contribution in [2.24, 2.45) is 5.92 Å². The number of aliphatic carboxylic acids is 1. The normalized spacial score (nSPS) is 24.4. The third-order valence-corrected chi connectivity index (χ3v) is 3.36. The summed E-state index contributed by atoms with van der Waals surface area (Å²) in [6.45, 7) is 9.43. The molecule has 1 rings (SSSR count). The fourth-order valence-electron chi connectivity index (χ4n) is 2.48. The van der Waals surface area contributed by atoms with Crippen LogP contribution in [0.3, 0.4) is 0 Å². The SMILES string of the molecule is CC(C)[C@@]1(C(=O)O)CCCN1C(=O)OC(C)(C)C. The van der Waals surface area contributed by atoms with Gasteiger partial charge in [-0.05, 0) is 39.5 Å². The molecule has 1 heterocycles. The van der Waals surface area contributed by atoms with Crippen LogP contribution in [0.25, 0.3) is 0 Å². The number of likely N-dealkylation sites (tertiary alicyclic amines) is 1. The number of hydrogen-bond donors (Lipinski definition) is 1. The van der Waals surface area contributed by atoms with E-state index in [1.54, 1.807) is 20.8 Å². The zero-order valence-electron chi connectivity index (χ0n) is 11.8. The van der Waals surface area contributed by atoms with Crippen LogP contribution >= 0.6 is 0 Å². The zero-order valence-corrected chi connectivity index (χ0v) is 11.8. The lowest BCUT2D eigenvalue weighted by atomic mass is 9.84. The Morgan fingerprint density at radius 1 is 1.33 bits per heavy atom. The molecule has 0 unspecified atom stereocenters. The van der Waals surface area contributed by atoms with Crippen molar-refractivity contribution in [3.63, 3.8) is 0 Å². The van der Waals surface area contributed by atoms with Gasteiger partial charge in [0.15, 0.2) is 0 Å². The van der Waals surface area contributed by atoms with Crippen LogP contribution in [-0.4, -0.2) is 39.8 Å². The number of carbonyl (C=O) groups is 2. The van der Waals surface area contributed by atoms with Gasteiger partial charge in [0, 0.05) is 6.54 Å². The van der Waals surface area contributed by atoms with Gasteiger partial charge in [0.2, 0.25) is 0 Å². The molecule has 1 amide bonds. The Morgan fingerprint density at radius 2 is 1.89 bits per heavy atom. The maximum Gasteiger partial charge on any atom is 0.411 e. The van der Waals surface area contributed by atoms with Crippen molar-refractivity contribution >= 4 is 12.1 Å². The third kappa shape index (κ3) is 2.60. The number of ether oxygens (including phenoxy) is 1. The first kappa shape index (κ1) is 14.8. The minimum Gasteiger partial charge on any atom is -0.479 e. The first-order chi connectivity index (χ1) is 8.11. The number of nitrogens with zero attached hydrogens (tertiary/aromatic N) is 1. The molecule has 0 bridgehead atoms. The molecule has 1 saturated heterocycles. The van der Waals surface area contributed by atoms with Crippen molar-refractivity contribution in [1.29, 1.82) is 0 Å². The molecule has 0 saturated carbocycles. The fraction of sp³-hybridized carbons (Fsp3) is 0.846. The molecular formula is C13H23NO4. The Hall–Kier alpha value is -1.26. The maximum atomic E-state index is 12.1. The lowest BCUT2D eigenvalue weighted by Crippen LogP contribution is -2.57. The molecule has 104 valence electrons. The van der Waals surface area contributed by atoms with E-state index in [9.17, 15) is 14.7 Å². The highest BCUT2D eigenvalue weighted by atomic mass is 16.6. The topological polar surface area (TPSA) is 66.8 Å². The molecule has 0 aromatic rings. The second-order valence-electron chi connectivity index (χ2n) is 6.12. The molecule has 5 heteroatoms. The zero-order chi connectivity index (χ0) is 14.1. The summed E-state index contributed by atoms with van der Waals surface area (Å²) in [6.07, 6.45) is 0.652. The van der Waals surface area contributed by atoms with E-state index in [0.29, 0.717) is 19.4 Å². The third-order valence-electron chi connectivity index (χ3n) is 3.36. The van der Waals surface area contributed by atoms with Crippen LogP contribution < -0.4 is 0 Å². The first-order valence-electron chi connectivity index (χ1n) is 6.35. The van der Waals surface area contributed by atoms with Gasteiger partial charge in [-0.15, -0.1) is 0 Å². The van der Waals surface area contributed by atoms with Gasteiger partial charge >= 0.3 is 12.1 Å². The molecule has 5 nitrogen and oxygen atoms in total. The van der Waals surface area contributed by atoms with Gasteiger partial charge in [0.1, 0.15) is 11.1 Å². The largest absolute Gasteiger partial charge is 0.479 e. The Morgan fingerprint density at radius 3 is 2.28 bits per heavy atom. The van der Waals surface area contributed by atoms with Gasteiger partial charge < -0.3 is 9.84 Å². The lowest BCUT2D eigenvalue weighted by molar-refractivity contribution is -0.152. The van der Waals surface area contributed by atoms with E-state index >= 15 is 0 Å². The molecule has 1 fully saturated rings. The van der Waals surface area contributed by atoms with Crippen LogP contribution in [0.2, 0.25) is 0 Å². The molecule has 0 aromatic heterocycles. The highest BCUT2D eigenvalue weighted by Gasteiger charge is 2.53. The standard InChI is InChI=1S/C13H23NO4/c1-9(2)13(10(15)16)7-6-8-14(13)11(17)18-12(3,4)5/h9H,6-8H2,1-5H3,(H,15,16)/t13-/m1/s1. The van der Waals surface area contributed by atoms with E-state index < -0.39 is 23.2 Å². The molecule has 18 heavy (non-hydrogen) atoms. The van der Waals surface area contributed by atoms with Crippen LogP contribution in [0, 0.1) is 5.92 Å². The molecule has 1 aliphatic heterocycles. The summed E-state index contributed by atoms with van der Waals surface area (Å²) >= 11 is 0. The molecular weight excluding hydrogens is 234 g/mol. The van der Waals surface area contributed by atoms with E-state index in [1.165, 1.54) is 4.90 Å². The Balaban J connectivity index is 3.00. The summed E-state index contributed by atoms with van der Waals surface area (Å²) in [5, 5.41) is 9.50. The van der Waals surface area contributed by atoms with Crippen LogP contribution in [0.1, 0.15) is 47.5 Å². The van der Waals surface area contributed by atoms with E-state index in [2.05, 4.69) is 0 Å². The quantitative estimate of drug-likeness (QED) is 0.825. The van der Waals surface area contributed by atoms with Gasteiger partial charge in [-0.1, -0.05) is 13.8 Å². The number of amides is 1. The lowest BCUT2D eigenvalue weighted by Gasteiger charge is -2.38. The molecule has 0 aromatic carbocycles. The van der Waals surface area contributed by atoms with Gasteiger partial charge in [-0.3, -0.25) is 4.90 Å². The maximum absolute atomic E-state index is 12.1. The smallest absolute Gasteiger partial charge is 0.411 e. The van der Waals surface area contributed by atoms with E-state index in [4.69, 9.17) is 4.74 Å². The molecule has 1 N–H and O–H groups in total. The van der Waals surface area contributed by atoms with Crippen molar-refractivity contribution in [1.82, 2.24) is 4.90 Å². The average molecular weight is 257 g/mol. The van der Waals surface area contributed by atoms with Gasteiger partial charge in [-0.2, -0.15) is 0 Å². The fourth-order valence-corrected chi connectivity index (χ4v) is 2.48. The summed E-state index contributed by atoms with van der Waals surface area (Å²) in [7, 11) is 0. The van der Waals surface area contributed by atoms with Crippen LogP contribution in [0.5, 0.6) is 0 Å². The number of carbonyl (C=O) groups excluding carboxylic acids is 1. The summed E-state index contributed by atoms with van der Waals surface area (Å²) < 4.78 is 5.30. The van der Waals surface area contributed by atoms with Crippen molar-refractivity contribution < 1.29 is 19.4 Å². The molecule has 0 spiro atoms. The monoisotopic (exact) mass is 257 g/mol. The first-order valence-corrected chi connectivity index (χ1v) is 6.35. The van der Waals surface area contributed by atoms with Crippen LogP contribution in [0.4, 0.5) is 4.79 Å². The number of carboxylic acids is 1. The van der Waals surface area contributed by atoms with Crippen molar-refractivity contribution in [2.45, 2.75) is 58.6 Å². The van der Waals surface area contributed by atoms with E-state index in [0.717, 1.165) is 0 Å². The summed E-state index contributed by atoms with van der Waals surface area (Å²) in [4.78, 5) is 25.1. The second kappa shape index (κ2) is 4.78. The highest BCUT2D eigenvalue weighted by molar-refractivity contribution is 5.85. The molecule has 0 radical (unpaired) electrons. The van der Waals surface area contributed by atoms with Crippen molar-refractivity contribution in [2.75, 3.05) is 6.54 Å². The predicted octanol–water partition coefficient (Wildman–Crippen LogP) is 2.50. The Labute approximate surface area is 108 Å². The average Bonchev–Trinajstić information content (AvgIpc) is 2.59. The molecule has 0 aliphatic carbocycles. The second-order valence-corrected chi connectivity index (χ2v) is 6.12. The molecule has 1 aliphatic rings. The summed E-state index contributed by atoms with van der Waals surface area (Å²) in [6, 6.07) is 0. The number of carboxylic acid groups (broad SMARTS) is 1.